The number of para-hydroxylation sites is 1. The van der Waals surface area contributed by atoms with Gasteiger partial charge >= 0.3 is 0 Å². The van der Waals surface area contributed by atoms with Crippen molar-refractivity contribution in [2.24, 2.45) is 0 Å². The summed E-state index contributed by atoms with van der Waals surface area (Å²) < 4.78 is 1.53. The molecule has 28 heavy (non-hydrogen) atoms. The zero-order valence-electron chi connectivity index (χ0n) is 15.2. The van der Waals surface area contributed by atoms with E-state index in [1.807, 2.05) is 66.9 Å². The highest BCUT2D eigenvalue weighted by molar-refractivity contribution is 5.94. The fraction of sp³-hybridized carbons (Fsp3) is 0.0870. The molecule has 0 saturated carbocycles. The van der Waals surface area contributed by atoms with E-state index in [0.29, 0.717) is 18.4 Å². The Kier molecular flexibility index (Phi) is 3.98. The van der Waals surface area contributed by atoms with Gasteiger partial charge in [-0.05, 0) is 24.3 Å². The molecule has 0 saturated heterocycles. The summed E-state index contributed by atoms with van der Waals surface area (Å²) in [5.74, 6) is 0. The van der Waals surface area contributed by atoms with E-state index in [-0.39, 0.29) is 5.56 Å². The SMILES string of the molecule is O=c1c2c(-c3ccc[nH]3)cccc2cnn1CCc1ccc2ccccc2n1. The maximum Gasteiger partial charge on any atom is 0.275 e. The van der Waals surface area contributed by atoms with Gasteiger partial charge in [-0.2, -0.15) is 5.10 Å². The summed E-state index contributed by atoms with van der Waals surface area (Å²) >= 11 is 0. The lowest BCUT2D eigenvalue weighted by Gasteiger charge is -2.09. The molecule has 5 rings (SSSR count). The third-order valence-electron chi connectivity index (χ3n) is 5.01. The normalized spacial score (nSPS) is 11.3. The third kappa shape index (κ3) is 2.87. The van der Waals surface area contributed by atoms with Crippen molar-refractivity contribution in [2.75, 3.05) is 0 Å². The predicted octanol–water partition coefficient (Wildman–Crippen LogP) is 4.18. The molecule has 0 bridgehead atoms. The van der Waals surface area contributed by atoms with Gasteiger partial charge in [0.25, 0.3) is 5.56 Å². The van der Waals surface area contributed by atoms with E-state index in [9.17, 15) is 4.79 Å². The monoisotopic (exact) mass is 366 g/mol. The van der Waals surface area contributed by atoms with Gasteiger partial charge in [0.1, 0.15) is 0 Å². The van der Waals surface area contributed by atoms with Crippen LogP contribution in [0, 0.1) is 0 Å². The molecule has 3 aromatic heterocycles. The summed E-state index contributed by atoms with van der Waals surface area (Å²) in [5, 5.41) is 7.02. The first-order valence-electron chi connectivity index (χ1n) is 9.27. The first kappa shape index (κ1) is 16.4. The molecule has 2 aromatic carbocycles. The van der Waals surface area contributed by atoms with Gasteiger partial charge < -0.3 is 4.98 Å². The van der Waals surface area contributed by atoms with Gasteiger partial charge in [0.2, 0.25) is 0 Å². The van der Waals surface area contributed by atoms with Gasteiger partial charge in [0.15, 0.2) is 0 Å². The number of aromatic nitrogens is 4. The topological polar surface area (TPSA) is 63.6 Å². The van der Waals surface area contributed by atoms with Crippen LogP contribution < -0.4 is 5.56 Å². The molecule has 0 fully saturated rings. The Morgan fingerprint density at radius 1 is 0.893 bits per heavy atom. The third-order valence-corrected chi connectivity index (χ3v) is 5.01. The number of aryl methyl sites for hydroxylation is 2. The van der Waals surface area contributed by atoms with Crippen LogP contribution in [0.25, 0.3) is 32.9 Å². The molecule has 136 valence electrons. The van der Waals surface area contributed by atoms with Gasteiger partial charge in [-0.1, -0.05) is 42.5 Å². The quantitative estimate of drug-likeness (QED) is 0.519. The Hall–Kier alpha value is -3.73. The molecular formula is C23H18N4O. The number of aromatic amines is 1. The minimum absolute atomic E-state index is 0.0801. The number of hydrogen-bond acceptors (Lipinski definition) is 3. The molecule has 3 heterocycles. The van der Waals surface area contributed by atoms with Crippen molar-refractivity contribution >= 4 is 21.7 Å². The molecule has 0 unspecified atom stereocenters. The Morgan fingerprint density at radius 2 is 1.79 bits per heavy atom. The number of benzene rings is 2. The Bertz CT molecular complexity index is 1340. The second-order valence-corrected chi connectivity index (χ2v) is 6.77. The maximum atomic E-state index is 13.1. The van der Waals surface area contributed by atoms with Gasteiger partial charge in [-0.25, -0.2) is 4.68 Å². The summed E-state index contributed by atoms with van der Waals surface area (Å²) in [6.45, 7) is 0.485. The van der Waals surface area contributed by atoms with E-state index in [2.05, 4.69) is 16.1 Å². The van der Waals surface area contributed by atoms with Crippen LogP contribution in [0.2, 0.25) is 0 Å². The number of nitrogens with zero attached hydrogens (tertiary/aromatic N) is 3. The molecule has 0 aliphatic rings. The van der Waals surface area contributed by atoms with Crippen molar-refractivity contribution < 1.29 is 0 Å². The minimum Gasteiger partial charge on any atom is -0.361 e. The van der Waals surface area contributed by atoms with E-state index < -0.39 is 0 Å². The highest BCUT2D eigenvalue weighted by atomic mass is 16.1. The van der Waals surface area contributed by atoms with E-state index in [4.69, 9.17) is 4.98 Å². The summed E-state index contributed by atoms with van der Waals surface area (Å²) in [6, 6.07) is 21.8. The lowest BCUT2D eigenvalue weighted by atomic mass is 10.0. The highest BCUT2D eigenvalue weighted by Gasteiger charge is 2.11. The summed E-state index contributed by atoms with van der Waals surface area (Å²) in [6.07, 6.45) is 4.27. The van der Waals surface area contributed by atoms with Crippen LogP contribution in [-0.4, -0.2) is 19.7 Å². The molecule has 5 aromatic rings. The molecule has 0 radical (unpaired) electrons. The molecule has 0 aliphatic heterocycles. The number of pyridine rings is 1. The second kappa shape index (κ2) is 6.78. The minimum atomic E-state index is -0.0801. The van der Waals surface area contributed by atoms with Crippen molar-refractivity contribution in [2.45, 2.75) is 13.0 Å². The number of hydrogen-bond donors (Lipinski definition) is 1. The van der Waals surface area contributed by atoms with E-state index in [0.717, 1.165) is 33.2 Å². The zero-order valence-corrected chi connectivity index (χ0v) is 15.2. The Labute approximate surface area is 161 Å². The molecule has 0 atom stereocenters. The van der Waals surface area contributed by atoms with Gasteiger partial charge in [-0.3, -0.25) is 9.78 Å². The molecule has 0 aliphatic carbocycles. The van der Waals surface area contributed by atoms with Crippen molar-refractivity contribution in [3.63, 3.8) is 0 Å². The molecular weight excluding hydrogens is 348 g/mol. The second-order valence-electron chi connectivity index (χ2n) is 6.77. The maximum absolute atomic E-state index is 13.1. The average Bonchev–Trinajstić information content (AvgIpc) is 3.27. The molecule has 1 N–H and O–H groups in total. The zero-order chi connectivity index (χ0) is 18.9. The standard InChI is InChI=1S/C23H18N4O/c28-23-22-17(6-3-7-19(22)21-9-4-13-24-21)15-25-27(23)14-12-18-11-10-16-5-1-2-8-20(16)26-18/h1-11,13,15,24H,12,14H2. The smallest absolute Gasteiger partial charge is 0.275 e. The van der Waals surface area contributed by atoms with Crippen LogP contribution in [-0.2, 0) is 13.0 Å². The van der Waals surface area contributed by atoms with Crippen LogP contribution in [0.5, 0.6) is 0 Å². The van der Waals surface area contributed by atoms with Gasteiger partial charge in [0, 0.05) is 40.3 Å². The largest absolute Gasteiger partial charge is 0.361 e. The fourth-order valence-corrected chi connectivity index (χ4v) is 3.58. The lowest BCUT2D eigenvalue weighted by Crippen LogP contribution is -2.24. The van der Waals surface area contributed by atoms with Crippen molar-refractivity contribution in [1.29, 1.82) is 0 Å². The van der Waals surface area contributed by atoms with Crippen molar-refractivity contribution in [1.82, 2.24) is 19.7 Å². The number of H-pyrrole nitrogens is 1. The Morgan fingerprint density at radius 3 is 2.68 bits per heavy atom. The van der Waals surface area contributed by atoms with Crippen LogP contribution >= 0.6 is 0 Å². The van der Waals surface area contributed by atoms with E-state index in [1.165, 1.54) is 4.68 Å². The molecule has 0 spiro atoms. The van der Waals surface area contributed by atoms with Crippen LogP contribution in [0.4, 0.5) is 0 Å². The van der Waals surface area contributed by atoms with E-state index in [1.54, 1.807) is 6.20 Å². The summed E-state index contributed by atoms with van der Waals surface area (Å²) in [4.78, 5) is 21.0. The molecule has 0 amide bonds. The first-order chi connectivity index (χ1) is 13.8. The first-order valence-corrected chi connectivity index (χ1v) is 9.27. The summed E-state index contributed by atoms with van der Waals surface area (Å²) in [7, 11) is 0. The predicted molar refractivity (Wildman–Crippen MR) is 111 cm³/mol. The molecule has 5 heteroatoms. The Balaban J connectivity index is 1.51. The van der Waals surface area contributed by atoms with Crippen LogP contribution in [0.15, 0.2) is 83.9 Å². The van der Waals surface area contributed by atoms with Gasteiger partial charge in [0.05, 0.1) is 23.6 Å². The number of rotatable bonds is 4. The van der Waals surface area contributed by atoms with Gasteiger partial charge in [-0.15, -0.1) is 0 Å². The highest BCUT2D eigenvalue weighted by Crippen LogP contribution is 2.24. The number of fused-ring (bicyclic) bond motifs is 2. The van der Waals surface area contributed by atoms with Crippen LogP contribution in [0.1, 0.15) is 5.69 Å². The summed E-state index contributed by atoms with van der Waals surface area (Å²) in [5.41, 5.74) is 3.66. The lowest BCUT2D eigenvalue weighted by molar-refractivity contribution is 0.580. The molecule has 5 nitrogen and oxygen atoms in total. The number of nitrogens with one attached hydrogen (secondary N) is 1. The van der Waals surface area contributed by atoms with Crippen molar-refractivity contribution in [3.8, 4) is 11.3 Å². The van der Waals surface area contributed by atoms with Crippen LogP contribution in [0.3, 0.4) is 0 Å². The average molecular weight is 366 g/mol. The van der Waals surface area contributed by atoms with E-state index >= 15 is 0 Å². The van der Waals surface area contributed by atoms with Crippen molar-refractivity contribution in [3.05, 3.63) is 95.2 Å². The fourth-order valence-electron chi connectivity index (χ4n) is 3.58.